The molecule has 1 aromatic carbocycles. The number of nitrogens with two attached hydrogens (primary N) is 1. The van der Waals surface area contributed by atoms with E-state index in [4.69, 9.17) is 22.4 Å². The lowest BCUT2D eigenvalue weighted by atomic mass is 10.2. The molecule has 0 spiro atoms. The van der Waals surface area contributed by atoms with Gasteiger partial charge in [-0.3, -0.25) is 0 Å². The number of phenolic OH excluding ortho intramolecular Hbond substituents is 1. The van der Waals surface area contributed by atoms with Gasteiger partial charge in [-0.1, -0.05) is 11.6 Å². The van der Waals surface area contributed by atoms with Crippen molar-refractivity contribution >= 4 is 17.3 Å². The lowest BCUT2D eigenvalue weighted by molar-refractivity contribution is 0.475. The Bertz CT molecular complexity index is 237. The third kappa shape index (κ3) is 1.16. The average molecular weight is 158 g/mol. The minimum atomic E-state index is 0.152. The molecule has 0 amide bonds. The summed E-state index contributed by atoms with van der Waals surface area (Å²) in [6.45, 7) is 1.79. The van der Waals surface area contributed by atoms with Gasteiger partial charge in [0, 0.05) is 6.07 Å². The normalized spacial score (nSPS) is 9.80. The van der Waals surface area contributed by atoms with E-state index >= 15 is 0 Å². The zero-order valence-electron chi connectivity index (χ0n) is 5.56. The summed E-state index contributed by atoms with van der Waals surface area (Å²) < 4.78 is 0. The number of rotatable bonds is 0. The molecule has 0 aliphatic heterocycles. The molecule has 3 heteroatoms. The van der Waals surface area contributed by atoms with E-state index in [0.29, 0.717) is 10.7 Å². The van der Waals surface area contributed by atoms with Crippen molar-refractivity contribution in [2.24, 2.45) is 0 Å². The zero-order valence-corrected chi connectivity index (χ0v) is 6.31. The van der Waals surface area contributed by atoms with Crippen LogP contribution in [0.4, 0.5) is 5.69 Å². The first-order valence-corrected chi connectivity index (χ1v) is 3.23. The highest BCUT2D eigenvalue weighted by Gasteiger charge is 2.00. The van der Waals surface area contributed by atoms with Gasteiger partial charge in [0.15, 0.2) is 0 Å². The van der Waals surface area contributed by atoms with E-state index in [9.17, 15) is 0 Å². The van der Waals surface area contributed by atoms with E-state index in [2.05, 4.69) is 0 Å². The molecule has 3 N–H and O–H groups in total. The lowest BCUT2D eigenvalue weighted by Crippen LogP contribution is -1.87. The van der Waals surface area contributed by atoms with Gasteiger partial charge < -0.3 is 10.8 Å². The zero-order chi connectivity index (χ0) is 7.72. The van der Waals surface area contributed by atoms with Crippen molar-refractivity contribution in [3.8, 4) is 5.75 Å². The second-order valence-electron chi connectivity index (χ2n) is 2.17. The summed E-state index contributed by atoms with van der Waals surface area (Å²) >= 11 is 5.71. The number of aromatic hydroxyl groups is 1. The van der Waals surface area contributed by atoms with Crippen LogP contribution in [0.3, 0.4) is 0 Å². The summed E-state index contributed by atoms with van der Waals surface area (Å²) in [5, 5.41) is 9.49. The molecule has 0 aromatic heterocycles. The van der Waals surface area contributed by atoms with Gasteiger partial charge in [0.25, 0.3) is 0 Å². The summed E-state index contributed by atoms with van der Waals surface area (Å²) in [5.41, 5.74) is 6.64. The summed E-state index contributed by atoms with van der Waals surface area (Å²) in [7, 11) is 0. The molecule has 0 atom stereocenters. The molecule has 0 heterocycles. The number of hydrogen-bond donors (Lipinski definition) is 2. The quantitative estimate of drug-likeness (QED) is 0.566. The maximum atomic E-state index is 8.98. The van der Waals surface area contributed by atoms with Crippen LogP contribution in [-0.2, 0) is 0 Å². The molecule has 0 radical (unpaired) electrons. The average Bonchev–Trinajstić information content (AvgIpc) is 1.82. The maximum absolute atomic E-state index is 8.98. The number of phenols is 1. The molecular formula is C7H8ClNO. The predicted octanol–water partition coefficient (Wildman–Crippen LogP) is 1.94. The Labute approximate surface area is 64.2 Å². The Morgan fingerprint density at radius 3 is 2.60 bits per heavy atom. The molecule has 2 nitrogen and oxygen atoms in total. The Hall–Kier alpha value is -0.890. The molecule has 0 aliphatic carbocycles. The SMILES string of the molecule is Cc1cc(O)cc(N)c1Cl. The Kier molecular flexibility index (Phi) is 1.72. The molecule has 54 valence electrons. The van der Waals surface area contributed by atoms with Gasteiger partial charge in [-0.25, -0.2) is 0 Å². The van der Waals surface area contributed by atoms with Gasteiger partial charge in [-0.2, -0.15) is 0 Å². The van der Waals surface area contributed by atoms with Gasteiger partial charge in [-0.15, -0.1) is 0 Å². The predicted molar refractivity (Wildman–Crippen MR) is 42.3 cm³/mol. The number of anilines is 1. The fraction of sp³-hybridized carbons (Fsp3) is 0.143. The third-order valence-electron chi connectivity index (χ3n) is 1.27. The summed E-state index contributed by atoms with van der Waals surface area (Å²) in [5.74, 6) is 0.152. The minimum Gasteiger partial charge on any atom is -0.508 e. The Morgan fingerprint density at radius 2 is 2.10 bits per heavy atom. The maximum Gasteiger partial charge on any atom is 0.118 e. The third-order valence-corrected chi connectivity index (χ3v) is 1.78. The van der Waals surface area contributed by atoms with E-state index in [1.807, 2.05) is 0 Å². The molecular weight excluding hydrogens is 150 g/mol. The number of aryl methyl sites for hydroxylation is 1. The van der Waals surface area contributed by atoms with E-state index in [0.717, 1.165) is 5.56 Å². The highest BCUT2D eigenvalue weighted by atomic mass is 35.5. The van der Waals surface area contributed by atoms with Crippen LogP contribution in [0.25, 0.3) is 0 Å². The molecule has 0 bridgehead atoms. The van der Waals surface area contributed by atoms with Crippen molar-refractivity contribution in [1.82, 2.24) is 0 Å². The van der Waals surface area contributed by atoms with E-state index in [-0.39, 0.29) is 5.75 Å². The van der Waals surface area contributed by atoms with Crippen molar-refractivity contribution in [3.63, 3.8) is 0 Å². The Balaban J connectivity index is 3.31. The molecule has 0 saturated heterocycles. The smallest absolute Gasteiger partial charge is 0.118 e. The van der Waals surface area contributed by atoms with E-state index in [1.165, 1.54) is 6.07 Å². The van der Waals surface area contributed by atoms with Crippen molar-refractivity contribution in [2.75, 3.05) is 5.73 Å². The van der Waals surface area contributed by atoms with Crippen LogP contribution < -0.4 is 5.73 Å². The van der Waals surface area contributed by atoms with Gasteiger partial charge in [0.1, 0.15) is 5.75 Å². The summed E-state index contributed by atoms with van der Waals surface area (Å²) in [4.78, 5) is 0. The number of halogens is 1. The first-order chi connectivity index (χ1) is 4.61. The van der Waals surface area contributed by atoms with Crippen molar-refractivity contribution in [1.29, 1.82) is 0 Å². The molecule has 0 saturated carbocycles. The minimum absolute atomic E-state index is 0.152. The second-order valence-corrected chi connectivity index (χ2v) is 2.54. The Morgan fingerprint density at radius 1 is 1.50 bits per heavy atom. The van der Waals surface area contributed by atoms with Crippen LogP contribution in [0.5, 0.6) is 5.75 Å². The van der Waals surface area contributed by atoms with E-state index in [1.54, 1.807) is 13.0 Å². The van der Waals surface area contributed by atoms with Crippen LogP contribution in [0.15, 0.2) is 12.1 Å². The van der Waals surface area contributed by atoms with Crippen molar-refractivity contribution in [2.45, 2.75) is 6.92 Å². The molecule has 10 heavy (non-hydrogen) atoms. The van der Waals surface area contributed by atoms with Gasteiger partial charge >= 0.3 is 0 Å². The molecule has 0 aliphatic rings. The largest absolute Gasteiger partial charge is 0.508 e. The first-order valence-electron chi connectivity index (χ1n) is 2.86. The monoisotopic (exact) mass is 157 g/mol. The van der Waals surface area contributed by atoms with Gasteiger partial charge in [0.2, 0.25) is 0 Å². The van der Waals surface area contributed by atoms with Crippen LogP contribution >= 0.6 is 11.6 Å². The van der Waals surface area contributed by atoms with Crippen LogP contribution in [0, 0.1) is 6.92 Å². The fourth-order valence-electron chi connectivity index (χ4n) is 0.777. The number of benzene rings is 1. The molecule has 0 fully saturated rings. The standard InChI is InChI=1S/C7H8ClNO/c1-4-2-5(10)3-6(9)7(4)8/h2-3,10H,9H2,1H3. The van der Waals surface area contributed by atoms with Gasteiger partial charge in [-0.05, 0) is 18.6 Å². The lowest BCUT2D eigenvalue weighted by Gasteiger charge is -2.01. The molecule has 1 aromatic rings. The molecule has 1 rings (SSSR count). The van der Waals surface area contributed by atoms with Gasteiger partial charge in [0.05, 0.1) is 10.7 Å². The second kappa shape index (κ2) is 2.39. The van der Waals surface area contributed by atoms with E-state index < -0.39 is 0 Å². The number of hydrogen-bond acceptors (Lipinski definition) is 2. The summed E-state index contributed by atoms with van der Waals surface area (Å²) in [6.07, 6.45) is 0. The van der Waals surface area contributed by atoms with Crippen LogP contribution in [0.1, 0.15) is 5.56 Å². The fourth-order valence-corrected chi connectivity index (χ4v) is 0.886. The topological polar surface area (TPSA) is 46.2 Å². The summed E-state index contributed by atoms with van der Waals surface area (Å²) in [6, 6.07) is 2.99. The van der Waals surface area contributed by atoms with Crippen LogP contribution in [-0.4, -0.2) is 5.11 Å². The van der Waals surface area contributed by atoms with Crippen molar-refractivity contribution in [3.05, 3.63) is 22.7 Å². The first kappa shape index (κ1) is 7.22. The molecule has 0 unspecified atom stereocenters. The van der Waals surface area contributed by atoms with Crippen LogP contribution in [0.2, 0.25) is 5.02 Å². The van der Waals surface area contributed by atoms with Crippen molar-refractivity contribution < 1.29 is 5.11 Å². The number of nitrogen functional groups attached to an aromatic ring is 1. The highest BCUT2D eigenvalue weighted by Crippen LogP contribution is 2.27. The highest BCUT2D eigenvalue weighted by molar-refractivity contribution is 6.33.